The fraction of sp³-hybridized carbons (Fsp3) is 0.318. The Balaban J connectivity index is 1.63. The first kappa shape index (κ1) is 19.0. The first-order valence-electron chi connectivity index (χ1n) is 8.94. The maximum atomic E-state index is 12.1. The van der Waals surface area contributed by atoms with Gasteiger partial charge in [0.05, 0.1) is 0 Å². The van der Waals surface area contributed by atoms with E-state index in [2.05, 4.69) is 24.4 Å². The summed E-state index contributed by atoms with van der Waals surface area (Å²) in [5.41, 5.74) is 3.93. The summed E-state index contributed by atoms with van der Waals surface area (Å²) in [5, 5.41) is 2.43. The summed E-state index contributed by atoms with van der Waals surface area (Å²) in [4.78, 5) is 24.1. The molecule has 1 N–H and O–H groups in total. The molecule has 1 amide bonds. The van der Waals surface area contributed by atoms with Gasteiger partial charge in [0.2, 0.25) is 0 Å². The third-order valence-electron chi connectivity index (χ3n) is 4.33. The topological polar surface area (TPSA) is 64.6 Å². The van der Waals surface area contributed by atoms with Gasteiger partial charge in [0, 0.05) is 5.92 Å². The van der Waals surface area contributed by atoms with Gasteiger partial charge in [-0.15, -0.1) is 0 Å². The Morgan fingerprint density at radius 2 is 1.56 bits per heavy atom. The van der Waals surface area contributed by atoms with Gasteiger partial charge in [0.15, 0.2) is 0 Å². The number of amides is 1. The monoisotopic (exact) mass is 366 g/mol. The molecule has 1 aliphatic rings. The number of fused-ring (bicyclic) bond motifs is 3. The number of carbonyl (C=O) groups is 2. The van der Waals surface area contributed by atoms with E-state index in [9.17, 15) is 9.59 Å². The van der Waals surface area contributed by atoms with E-state index in [4.69, 9.17) is 9.47 Å². The molecule has 0 spiro atoms. The minimum atomic E-state index is -1.03. The second kappa shape index (κ2) is 7.43. The van der Waals surface area contributed by atoms with Crippen molar-refractivity contribution < 1.29 is 19.1 Å². The summed E-state index contributed by atoms with van der Waals surface area (Å²) in [6.45, 7) is 9.07. The van der Waals surface area contributed by atoms with E-state index >= 15 is 0 Å². The summed E-state index contributed by atoms with van der Waals surface area (Å²) in [6, 6.07) is 15.2. The van der Waals surface area contributed by atoms with E-state index in [0.717, 1.165) is 22.3 Å². The second-order valence-corrected chi connectivity index (χ2v) is 7.56. The summed E-state index contributed by atoms with van der Waals surface area (Å²) in [5.74, 6) is -0.635. The lowest BCUT2D eigenvalue weighted by molar-refractivity contribution is -0.156. The van der Waals surface area contributed by atoms with E-state index in [-0.39, 0.29) is 12.5 Å². The molecule has 0 unspecified atom stereocenters. The highest BCUT2D eigenvalue weighted by Crippen LogP contribution is 2.44. The van der Waals surface area contributed by atoms with Crippen molar-refractivity contribution in [2.75, 3.05) is 6.61 Å². The van der Waals surface area contributed by atoms with E-state index in [1.54, 1.807) is 20.8 Å². The van der Waals surface area contributed by atoms with Gasteiger partial charge in [-0.2, -0.15) is 0 Å². The molecule has 2 aromatic rings. The van der Waals surface area contributed by atoms with Crippen molar-refractivity contribution in [2.45, 2.75) is 38.3 Å². The van der Waals surface area contributed by atoms with Gasteiger partial charge in [0.1, 0.15) is 18.2 Å². The zero-order valence-electron chi connectivity index (χ0n) is 15.8. The van der Waals surface area contributed by atoms with Crippen LogP contribution in [0.2, 0.25) is 0 Å². The second-order valence-electron chi connectivity index (χ2n) is 7.56. The third-order valence-corrected chi connectivity index (χ3v) is 4.33. The Morgan fingerprint density at radius 1 is 1.04 bits per heavy atom. The van der Waals surface area contributed by atoms with E-state index < -0.39 is 23.7 Å². The maximum absolute atomic E-state index is 12.1. The lowest BCUT2D eigenvalue weighted by Gasteiger charge is -2.22. The van der Waals surface area contributed by atoms with Crippen LogP contribution < -0.4 is 5.32 Å². The quantitative estimate of drug-likeness (QED) is 0.829. The van der Waals surface area contributed by atoms with Crippen LogP contribution in [0.3, 0.4) is 0 Å². The molecular weight excluding hydrogens is 342 g/mol. The first-order valence-corrected chi connectivity index (χ1v) is 8.94. The van der Waals surface area contributed by atoms with E-state index in [1.807, 2.05) is 36.4 Å². The molecule has 1 aliphatic carbocycles. The minimum Gasteiger partial charge on any atom is -0.458 e. The number of hydrogen-bond donors (Lipinski definition) is 1. The molecule has 1 atom stereocenters. The molecule has 0 fully saturated rings. The number of benzene rings is 2. The molecule has 5 nitrogen and oxygen atoms in total. The highest BCUT2D eigenvalue weighted by molar-refractivity contribution is 5.82. The molecule has 0 aromatic heterocycles. The smallest absolute Gasteiger partial charge is 0.407 e. The van der Waals surface area contributed by atoms with Crippen molar-refractivity contribution >= 4 is 12.1 Å². The minimum absolute atomic E-state index is 0.0343. The van der Waals surface area contributed by atoms with Gasteiger partial charge in [-0.3, -0.25) is 0 Å². The highest BCUT2D eigenvalue weighted by Gasteiger charge is 2.29. The van der Waals surface area contributed by atoms with Crippen molar-refractivity contribution in [3.05, 3.63) is 66.6 Å². The van der Waals surface area contributed by atoms with E-state index in [1.165, 1.54) is 0 Å². The molecule has 3 rings (SSSR count). The predicted molar refractivity (Wildman–Crippen MR) is 103 cm³/mol. The van der Waals surface area contributed by atoms with Gasteiger partial charge < -0.3 is 14.8 Å². The van der Waals surface area contributed by atoms with Crippen LogP contribution in [0.1, 0.15) is 37.8 Å². The summed E-state index contributed by atoms with van der Waals surface area (Å²) in [7, 11) is 0. The zero-order chi connectivity index (χ0) is 19.6. The lowest BCUT2D eigenvalue weighted by Crippen LogP contribution is -2.42. The van der Waals surface area contributed by atoms with Gasteiger partial charge in [-0.05, 0) is 49.9 Å². The van der Waals surface area contributed by atoms with Crippen LogP contribution in [0, 0.1) is 6.92 Å². The maximum Gasteiger partial charge on any atom is 0.407 e. The SMILES string of the molecule is [CH2][C@H](NC(=O)OCC1c2ccccc2-c2ccccc21)C(=O)OC(C)(C)C. The Labute approximate surface area is 159 Å². The van der Waals surface area contributed by atoms with Gasteiger partial charge in [0.25, 0.3) is 0 Å². The Morgan fingerprint density at radius 3 is 2.07 bits per heavy atom. The fourth-order valence-corrected chi connectivity index (χ4v) is 3.21. The Hall–Kier alpha value is -2.82. The summed E-state index contributed by atoms with van der Waals surface area (Å²) < 4.78 is 10.6. The number of esters is 1. The van der Waals surface area contributed by atoms with Gasteiger partial charge in [-0.1, -0.05) is 48.5 Å². The normalized spacial score (nSPS) is 14.1. The van der Waals surface area contributed by atoms with Crippen molar-refractivity contribution in [3.8, 4) is 11.1 Å². The molecule has 27 heavy (non-hydrogen) atoms. The number of nitrogens with one attached hydrogen (secondary N) is 1. The van der Waals surface area contributed by atoms with Crippen LogP contribution >= 0.6 is 0 Å². The predicted octanol–water partition coefficient (Wildman–Crippen LogP) is 4.07. The third kappa shape index (κ3) is 4.30. The number of rotatable bonds is 4. The Kier molecular flexibility index (Phi) is 5.22. The molecule has 0 bridgehead atoms. The lowest BCUT2D eigenvalue weighted by atomic mass is 9.98. The molecule has 0 saturated heterocycles. The van der Waals surface area contributed by atoms with Crippen LogP contribution in [0.5, 0.6) is 0 Å². The molecule has 2 aromatic carbocycles. The molecule has 1 radical (unpaired) electrons. The number of ether oxygens (including phenoxy) is 2. The average Bonchev–Trinajstić information content (AvgIpc) is 2.92. The van der Waals surface area contributed by atoms with Crippen molar-refractivity contribution in [2.24, 2.45) is 0 Å². The average molecular weight is 366 g/mol. The van der Waals surface area contributed by atoms with Gasteiger partial charge >= 0.3 is 12.1 Å². The fourth-order valence-electron chi connectivity index (χ4n) is 3.21. The first-order chi connectivity index (χ1) is 12.8. The largest absolute Gasteiger partial charge is 0.458 e. The highest BCUT2D eigenvalue weighted by atomic mass is 16.6. The summed E-state index contributed by atoms with van der Waals surface area (Å²) in [6.07, 6.45) is -0.692. The van der Waals surface area contributed by atoms with Crippen LogP contribution in [0.4, 0.5) is 4.79 Å². The molecule has 141 valence electrons. The molecular formula is C22H24NO4. The molecule has 0 saturated carbocycles. The van der Waals surface area contributed by atoms with Crippen LogP contribution in [-0.2, 0) is 14.3 Å². The number of carbonyl (C=O) groups excluding carboxylic acids is 2. The number of alkyl carbamates (subject to hydrolysis) is 1. The van der Waals surface area contributed by atoms with Crippen molar-refractivity contribution in [3.63, 3.8) is 0 Å². The number of hydrogen-bond acceptors (Lipinski definition) is 4. The summed E-state index contributed by atoms with van der Waals surface area (Å²) >= 11 is 0. The Bertz CT molecular complexity index is 808. The molecule has 0 heterocycles. The van der Waals surface area contributed by atoms with Crippen molar-refractivity contribution in [1.29, 1.82) is 0 Å². The van der Waals surface area contributed by atoms with Crippen molar-refractivity contribution in [1.82, 2.24) is 5.32 Å². The van der Waals surface area contributed by atoms with Crippen LogP contribution in [0.25, 0.3) is 11.1 Å². The van der Waals surface area contributed by atoms with Crippen LogP contribution in [0.15, 0.2) is 48.5 Å². The van der Waals surface area contributed by atoms with E-state index in [0.29, 0.717) is 0 Å². The van der Waals surface area contributed by atoms with Crippen LogP contribution in [-0.4, -0.2) is 30.3 Å². The molecule has 0 aliphatic heterocycles. The standard InChI is InChI=1S/C22H24NO4/c1-14(20(24)27-22(2,3)4)23-21(25)26-13-19-17-11-7-5-9-15(17)16-10-6-8-12-18(16)19/h5-12,14,19H,1,13H2,2-4H3,(H,23,25)/t14-/m0/s1. The molecule has 5 heteroatoms. The zero-order valence-corrected chi connectivity index (χ0v) is 15.8. The van der Waals surface area contributed by atoms with Gasteiger partial charge in [-0.25, -0.2) is 9.59 Å².